The molecule has 2 N–H and O–H groups in total. The van der Waals surface area contributed by atoms with Crippen molar-refractivity contribution in [3.05, 3.63) is 53.4 Å². The Kier molecular flexibility index (Phi) is 3.01. The summed E-state index contributed by atoms with van der Waals surface area (Å²) >= 11 is 1.59. The Labute approximate surface area is 114 Å². The molecule has 1 aromatic heterocycles. The Morgan fingerprint density at radius 1 is 1.00 bits per heavy atom. The van der Waals surface area contributed by atoms with E-state index in [9.17, 15) is 10.2 Å². The number of hydrogen-bond donors (Lipinski definition) is 2. The minimum atomic E-state index is 0.214. The smallest absolute Gasteiger partial charge is 0.124 e. The maximum Gasteiger partial charge on any atom is 0.124 e. The fourth-order valence-electron chi connectivity index (χ4n) is 1.94. The van der Waals surface area contributed by atoms with E-state index < -0.39 is 0 Å². The summed E-state index contributed by atoms with van der Waals surface area (Å²) in [5, 5.41) is 21.9. The molecule has 0 amide bonds. The van der Waals surface area contributed by atoms with E-state index in [1.807, 2.05) is 17.5 Å². The molecule has 0 fully saturated rings. The zero-order valence-electron chi connectivity index (χ0n) is 10.0. The van der Waals surface area contributed by atoms with Crippen molar-refractivity contribution in [3.8, 4) is 17.2 Å². The third-order valence-electron chi connectivity index (χ3n) is 2.88. The van der Waals surface area contributed by atoms with Crippen LogP contribution >= 0.6 is 11.3 Å². The normalized spacial score (nSPS) is 10.7. The van der Waals surface area contributed by atoms with Crippen molar-refractivity contribution in [2.45, 2.75) is 6.61 Å². The van der Waals surface area contributed by atoms with E-state index in [0.717, 1.165) is 15.6 Å². The quantitative estimate of drug-likeness (QED) is 0.760. The van der Waals surface area contributed by atoms with Crippen LogP contribution in [0.3, 0.4) is 0 Å². The van der Waals surface area contributed by atoms with Crippen LogP contribution < -0.4 is 4.74 Å². The van der Waals surface area contributed by atoms with E-state index in [0.29, 0.717) is 12.4 Å². The molecule has 0 aliphatic carbocycles. The lowest BCUT2D eigenvalue weighted by Gasteiger charge is -2.06. The topological polar surface area (TPSA) is 49.7 Å². The molecule has 0 unspecified atom stereocenters. The first-order chi connectivity index (χ1) is 9.24. The van der Waals surface area contributed by atoms with E-state index in [1.54, 1.807) is 41.7 Å². The average molecular weight is 272 g/mol. The largest absolute Gasteiger partial charge is 0.508 e. The van der Waals surface area contributed by atoms with Crippen molar-refractivity contribution >= 4 is 21.4 Å². The number of phenols is 2. The Bertz CT molecular complexity index is 701. The number of fused-ring (bicyclic) bond motifs is 1. The van der Waals surface area contributed by atoms with E-state index in [1.165, 1.54) is 0 Å². The van der Waals surface area contributed by atoms with E-state index in [-0.39, 0.29) is 11.5 Å². The molecule has 2 aromatic carbocycles. The third-order valence-corrected chi connectivity index (χ3v) is 3.88. The Morgan fingerprint density at radius 2 is 1.79 bits per heavy atom. The first-order valence-electron chi connectivity index (χ1n) is 5.84. The van der Waals surface area contributed by atoms with E-state index in [2.05, 4.69) is 0 Å². The minimum absolute atomic E-state index is 0.214. The molecule has 0 spiro atoms. The second-order valence-electron chi connectivity index (χ2n) is 4.19. The molecule has 19 heavy (non-hydrogen) atoms. The first-order valence-corrected chi connectivity index (χ1v) is 6.72. The molecule has 1 heterocycles. The van der Waals surface area contributed by atoms with Gasteiger partial charge in [0.15, 0.2) is 0 Å². The van der Waals surface area contributed by atoms with Gasteiger partial charge in [-0.2, -0.15) is 0 Å². The van der Waals surface area contributed by atoms with Crippen LogP contribution in [0.4, 0.5) is 0 Å². The Balaban J connectivity index is 1.84. The highest BCUT2D eigenvalue weighted by Crippen LogP contribution is 2.33. The molecule has 0 bridgehead atoms. The highest BCUT2D eigenvalue weighted by molar-refractivity contribution is 7.17. The van der Waals surface area contributed by atoms with Gasteiger partial charge in [-0.3, -0.25) is 0 Å². The molecule has 0 aliphatic heterocycles. The lowest BCUT2D eigenvalue weighted by atomic mass is 10.1. The summed E-state index contributed by atoms with van der Waals surface area (Å²) in [6.45, 7) is 0.391. The predicted octanol–water partition coefficient (Wildman–Crippen LogP) is 3.89. The summed E-state index contributed by atoms with van der Waals surface area (Å²) in [7, 11) is 0. The highest BCUT2D eigenvalue weighted by atomic mass is 32.1. The van der Waals surface area contributed by atoms with Crippen molar-refractivity contribution in [3.63, 3.8) is 0 Å². The number of phenolic OH excluding ortho intramolecular Hbond substituents is 2. The van der Waals surface area contributed by atoms with Gasteiger partial charge in [-0.1, -0.05) is 6.07 Å². The lowest BCUT2D eigenvalue weighted by molar-refractivity contribution is 0.307. The average Bonchev–Trinajstić information content (AvgIpc) is 2.83. The zero-order chi connectivity index (χ0) is 13.2. The van der Waals surface area contributed by atoms with Gasteiger partial charge in [-0.25, -0.2) is 0 Å². The van der Waals surface area contributed by atoms with E-state index >= 15 is 0 Å². The van der Waals surface area contributed by atoms with Crippen LogP contribution in [0.25, 0.3) is 10.1 Å². The molecule has 4 heteroatoms. The maximum absolute atomic E-state index is 9.89. The minimum Gasteiger partial charge on any atom is -0.508 e. The standard InChI is InChI=1S/C15H12O3S/c16-11-4-6-12(7-5-11)18-8-10-9-19-14-3-1-2-13(17)15(10)14/h1-7,9,16-17H,8H2. The SMILES string of the molecule is Oc1ccc(OCc2csc3cccc(O)c23)cc1. The molecule has 0 atom stereocenters. The fraction of sp³-hybridized carbons (Fsp3) is 0.0667. The molecule has 0 aliphatic rings. The summed E-state index contributed by atoms with van der Waals surface area (Å²) in [5.74, 6) is 1.18. The summed E-state index contributed by atoms with van der Waals surface area (Å²) in [5.41, 5.74) is 0.964. The monoisotopic (exact) mass is 272 g/mol. The summed E-state index contributed by atoms with van der Waals surface area (Å²) in [6, 6.07) is 12.1. The van der Waals surface area contributed by atoms with Gasteiger partial charge < -0.3 is 14.9 Å². The van der Waals surface area contributed by atoms with Crippen molar-refractivity contribution < 1.29 is 14.9 Å². The summed E-state index contributed by atoms with van der Waals surface area (Å²) < 4.78 is 6.70. The number of aromatic hydroxyl groups is 2. The van der Waals surface area contributed by atoms with Crippen LogP contribution in [0.15, 0.2) is 47.8 Å². The lowest BCUT2D eigenvalue weighted by Crippen LogP contribution is -1.94. The number of rotatable bonds is 3. The number of thiophene rings is 1. The molecule has 3 rings (SSSR count). The molecule has 3 nitrogen and oxygen atoms in total. The van der Waals surface area contributed by atoms with Gasteiger partial charge in [0.05, 0.1) is 0 Å². The second-order valence-corrected chi connectivity index (χ2v) is 5.11. The number of hydrogen-bond acceptors (Lipinski definition) is 4. The van der Waals surface area contributed by atoms with Crippen molar-refractivity contribution in [2.24, 2.45) is 0 Å². The Hall–Kier alpha value is -2.20. The first kappa shape index (κ1) is 11.9. The van der Waals surface area contributed by atoms with Gasteiger partial charge in [0.25, 0.3) is 0 Å². The van der Waals surface area contributed by atoms with Gasteiger partial charge >= 0.3 is 0 Å². The number of benzene rings is 2. The summed E-state index contributed by atoms with van der Waals surface area (Å²) in [4.78, 5) is 0. The van der Waals surface area contributed by atoms with Gasteiger partial charge in [0, 0.05) is 15.6 Å². The van der Waals surface area contributed by atoms with Crippen LogP contribution in [0.2, 0.25) is 0 Å². The molecular weight excluding hydrogens is 260 g/mol. The van der Waals surface area contributed by atoms with Crippen molar-refractivity contribution in [1.29, 1.82) is 0 Å². The van der Waals surface area contributed by atoms with Gasteiger partial charge in [-0.15, -0.1) is 11.3 Å². The van der Waals surface area contributed by atoms with E-state index in [4.69, 9.17) is 4.74 Å². The van der Waals surface area contributed by atoms with Gasteiger partial charge in [0.2, 0.25) is 0 Å². The predicted molar refractivity (Wildman–Crippen MR) is 75.9 cm³/mol. The van der Waals surface area contributed by atoms with Crippen LogP contribution in [0.5, 0.6) is 17.2 Å². The molecule has 3 aromatic rings. The van der Waals surface area contributed by atoms with Crippen molar-refractivity contribution in [1.82, 2.24) is 0 Å². The molecule has 0 saturated carbocycles. The number of ether oxygens (including phenoxy) is 1. The third kappa shape index (κ3) is 2.35. The molecular formula is C15H12O3S. The van der Waals surface area contributed by atoms with Crippen LogP contribution in [0, 0.1) is 0 Å². The maximum atomic E-state index is 9.89. The van der Waals surface area contributed by atoms with Crippen LogP contribution in [0.1, 0.15) is 5.56 Å². The van der Waals surface area contributed by atoms with Crippen LogP contribution in [-0.4, -0.2) is 10.2 Å². The Morgan fingerprint density at radius 3 is 2.58 bits per heavy atom. The van der Waals surface area contributed by atoms with Gasteiger partial charge in [0.1, 0.15) is 23.9 Å². The molecule has 96 valence electrons. The zero-order valence-corrected chi connectivity index (χ0v) is 10.9. The highest BCUT2D eigenvalue weighted by Gasteiger charge is 2.08. The second kappa shape index (κ2) is 4.82. The molecule has 0 radical (unpaired) electrons. The fourth-order valence-corrected chi connectivity index (χ4v) is 2.91. The van der Waals surface area contributed by atoms with Crippen molar-refractivity contribution in [2.75, 3.05) is 0 Å². The molecule has 0 saturated heterocycles. The van der Waals surface area contributed by atoms with Gasteiger partial charge in [-0.05, 0) is 41.8 Å². The van der Waals surface area contributed by atoms with Crippen LogP contribution in [-0.2, 0) is 6.61 Å². The summed E-state index contributed by atoms with van der Waals surface area (Å²) in [6.07, 6.45) is 0.